The minimum absolute atomic E-state index is 0.0229. The Labute approximate surface area is 175 Å². The van der Waals surface area contributed by atoms with Gasteiger partial charge in [-0.1, -0.05) is 56.4 Å². The topological polar surface area (TPSA) is 68.5 Å². The molecule has 1 amide bonds. The molecule has 7 heteroatoms. The van der Waals surface area contributed by atoms with Crippen LogP contribution in [-0.2, 0) is 16.4 Å². The van der Waals surface area contributed by atoms with Crippen LogP contribution in [0.3, 0.4) is 0 Å². The van der Waals surface area contributed by atoms with Crippen molar-refractivity contribution < 1.29 is 13.2 Å². The maximum atomic E-state index is 12.9. The Kier molecular flexibility index (Phi) is 6.19. The Morgan fingerprint density at radius 3 is 2.62 bits per heavy atom. The van der Waals surface area contributed by atoms with Crippen LogP contribution in [0.5, 0.6) is 0 Å². The van der Waals surface area contributed by atoms with E-state index in [0.29, 0.717) is 17.3 Å². The lowest BCUT2D eigenvalue weighted by Gasteiger charge is -2.06. The molecule has 0 N–H and O–H groups in total. The van der Waals surface area contributed by atoms with Crippen LogP contribution < -0.4 is 4.80 Å². The fourth-order valence-electron chi connectivity index (χ4n) is 3.06. The van der Waals surface area contributed by atoms with Crippen LogP contribution in [0.25, 0.3) is 10.2 Å². The van der Waals surface area contributed by atoms with E-state index in [1.54, 1.807) is 25.1 Å². The molecule has 5 nitrogen and oxygen atoms in total. The molecule has 0 saturated heterocycles. The van der Waals surface area contributed by atoms with E-state index in [4.69, 9.17) is 0 Å². The van der Waals surface area contributed by atoms with Crippen molar-refractivity contribution in [1.29, 1.82) is 0 Å². The number of sulfone groups is 1. The normalized spacial score (nSPS) is 12.6. The highest BCUT2D eigenvalue weighted by molar-refractivity contribution is 7.91. The number of thiazole rings is 1. The summed E-state index contributed by atoms with van der Waals surface area (Å²) in [7, 11) is -3.53. The van der Waals surface area contributed by atoms with Crippen LogP contribution in [-0.4, -0.2) is 24.6 Å². The van der Waals surface area contributed by atoms with Crippen LogP contribution in [0.2, 0.25) is 0 Å². The van der Waals surface area contributed by atoms with Crippen LogP contribution in [0, 0.1) is 0 Å². The second-order valence-corrected chi connectivity index (χ2v) is 10.2. The highest BCUT2D eigenvalue weighted by Crippen LogP contribution is 2.24. The van der Waals surface area contributed by atoms with Gasteiger partial charge in [-0.2, -0.15) is 4.99 Å². The summed E-state index contributed by atoms with van der Waals surface area (Å²) in [5.74, 6) is -0.247. The molecule has 0 aliphatic rings. The SMILES string of the molecule is C=CCn1c(=NC(=O)c2ccccc2S(=O)(=O)CC)sc2cc(C(C)C)ccc21. The number of amides is 1. The summed E-state index contributed by atoms with van der Waals surface area (Å²) in [5, 5.41) is 0. The third kappa shape index (κ3) is 4.26. The monoisotopic (exact) mass is 428 g/mol. The molecular formula is C22H24N2O3S2. The Morgan fingerprint density at radius 1 is 1.24 bits per heavy atom. The summed E-state index contributed by atoms with van der Waals surface area (Å²) in [6, 6.07) is 12.5. The van der Waals surface area contributed by atoms with Crippen molar-refractivity contribution in [2.75, 3.05) is 5.75 Å². The average Bonchev–Trinajstić information content (AvgIpc) is 3.04. The molecule has 29 heavy (non-hydrogen) atoms. The predicted octanol–water partition coefficient (Wildman–Crippen LogP) is 4.55. The van der Waals surface area contributed by atoms with Crippen LogP contribution in [0.15, 0.2) is 65.0 Å². The zero-order valence-corrected chi connectivity index (χ0v) is 18.4. The molecule has 0 saturated carbocycles. The number of benzene rings is 2. The molecule has 0 fully saturated rings. The van der Waals surface area contributed by atoms with Gasteiger partial charge in [-0.15, -0.1) is 6.58 Å². The molecule has 0 unspecified atom stereocenters. The first-order valence-electron chi connectivity index (χ1n) is 9.43. The number of carbonyl (C=O) groups is 1. The molecule has 1 aromatic heterocycles. The van der Waals surface area contributed by atoms with E-state index in [-0.39, 0.29) is 16.2 Å². The molecule has 152 valence electrons. The largest absolute Gasteiger partial charge is 0.312 e. The van der Waals surface area contributed by atoms with Crippen LogP contribution in [0.4, 0.5) is 0 Å². The van der Waals surface area contributed by atoms with Crippen LogP contribution >= 0.6 is 11.3 Å². The summed E-state index contributed by atoms with van der Waals surface area (Å²) in [6.45, 7) is 10.1. The van der Waals surface area contributed by atoms with E-state index in [1.807, 2.05) is 10.6 Å². The molecule has 0 aliphatic carbocycles. The third-order valence-corrected chi connectivity index (χ3v) is 7.54. The van der Waals surface area contributed by atoms with E-state index >= 15 is 0 Å². The van der Waals surface area contributed by atoms with Gasteiger partial charge in [0, 0.05) is 6.54 Å². The summed E-state index contributed by atoms with van der Waals surface area (Å²) >= 11 is 1.42. The molecule has 0 radical (unpaired) electrons. The molecule has 3 aromatic rings. The van der Waals surface area contributed by atoms with Crippen molar-refractivity contribution in [3.05, 3.63) is 71.0 Å². The lowest BCUT2D eigenvalue weighted by molar-refractivity contribution is 0.0994. The average molecular weight is 429 g/mol. The first-order chi connectivity index (χ1) is 13.8. The number of hydrogen-bond donors (Lipinski definition) is 0. The second kappa shape index (κ2) is 8.47. The number of hydrogen-bond acceptors (Lipinski definition) is 4. The number of rotatable bonds is 6. The fraction of sp³-hybridized carbons (Fsp3) is 0.273. The zero-order valence-electron chi connectivity index (χ0n) is 16.8. The first kappa shape index (κ1) is 21.2. The van der Waals surface area contributed by atoms with Gasteiger partial charge in [0.25, 0.3) is 5.91 Å². The summed E-state index contributed by atoms with van der Waals surface area (Å²) in [5.41, 5.74) is 2.28. The highest BCUT2D eigenvalue weighted by Gasteiger charge is 2.20. The minimum atomic E-state index is -3.53. The van der Waals surface area contributed by atoms with Gasteiger partial charge in [-0.25, -0.2) is 8.42 Å². The van der Waals surface area contributed by atoms with Gasteiger partial charge < -0.3 is 4.57 Å². The highest BCUT2D eigenvalue weighted by atomic mass is 32.2. The van der Waals surface area contributed by atoms with Gasteiger partial charge in [0.2, 0.25) is 0 Å². The van der Waals surface area contributed by atoms with Gasteiger partial charge >= 0.3 is 0 Å². The Bertz CT molecular complexity index is 1250. The molecule has 0 atom stereocenters. The van der Waals surface area contributed by atoms with Crippen molar-refractivity contribution in [2.45, 2.75) is 38.1 Å². The predicted molar refractivity (Wildman–Crippen MR) is 118 cm³/mol. The Hall–Kier alpha value is -2.51. The van der Waals surface area contributed by atoms with E-state index < -0.39 is 15.7 Å². The smallest absolute Gasteiger partial charge is 0.280 e. The van der Waals surface area contributed by atoms with Crippen molar-refractivity contribution in [3.63, 3.8) is 0 Å². The standard InChI is InChI=1S/C22H24N2O3S2/c1-5-13-24-18-12-11-16(15(3)4)14-19(18)28-22(24)23-21(25)17-9-7-8-10-20(17)29(26,27)6-2/h5,7-12,14-15H,1,6,13H2,2-4H3. The quantitative estimate of drug-likeness (QED) is 0.541. The summed E-state index contributed by atoms with van der Waals surface area (Å²) < 4.78 is 27.7. The molecule has 2 aromatic carbocycles. The van der Waals surface area contributed by atoms with E-state index in [9.17, 15) is 13.2 Å². The summed E-state index contributed by atoms with van der Waals surface area (Å²) in [4.78, 5) is 17.8. The van der Waals surface area contributed by atoms with E-state index in [0.717, 1.165) is 10.2 Å². The lowest BCUT2D eigenvalue weighted by Crippen LogP contribution is -2.17. The van der Waals surface area contributed by atoms with Crippen molar-refractivity contribution in [3.8, 4) is 0 Å². The van der Waals surface area contributed by atoms with Gasteiger partial charge in [-0.05, 0) is 35.7 Å². The fourth-order valence-corrected chi connectivity index (χ4v) is 5.23. The Morgan fingerprint density at radius 2 is 1.97 bits per heavy atom. The number of fused-ring (bicyclic) bond motifs is 1. The lowest BCUT2D eigenvalue weighted by atomic mass is 10.0. The number of aromatic nitrogens is 1. The molecule has 0 bridgehead atoms. The van der Waals surface area contributed by atoms with Crippen molar-refractivity contribution in [1.82, 2.24) is 4.57 Å². The maximum Gasteiger partial charge on any atom is 0.280 e. The molecule has 0 aliphatic heterocycles. The van der Waals surface area contributed by atoms with Gasteiger partial charge in [0.05, 0.1) is 26.4 Å². The minimum Gasteiger partial charge on any atom is -0.312 e. The van der Waals surface area contributed by atoms with Gasteiger partial charge in [0.15, 0.2) is 14.6 Å². The third-order valence-electron chi connectivity index (χ3n) is 4.71. The summed E-state index contributed by atoms with van der Waals surface area (Å²) in [6.07, 6.45) is 1.75. The Balaban J connectivity index is 2.19. The zero-order chi connectivity index (χ0) is 21.2. The molecular weight excluding hydrogens is 404 g/mol. The molecule has 3 rings (SSSR count). The molecule has 1 heterocycles. The number of allylic oxidation sites excluding steroid dienone is 1. The first-order valence-corrected chi connectivity index (χ1v) is 11.9. The van der Waals surface area contributed by atoms with E-state index in [1.165, 1.54) is 29.0 Å². The number of nitrogens with zero attached hydrogens (tertiary/aromatic N) is 2. The van der Waals surface area contributed by atoms with E-state index in [2.05, 4.69) is 37.6 Å². The second-order valence-electron chi connectivity index (χ2n) is 6.98. The number of carbonyl (C=O) groups excluding carboxylic acids is 1. The van der Waals surface area contributed by atoms with Gasteiger partial charge in [0.1, 0.15) is 0 Å². The van der Waals surface area contributed by atoms with Crippen molar-refractivity contribution >= 4 is 37.3 Å². The van der Waals surface area contributed by atoms with Crippen molar-refractivity contribution in [2.24, 2.45) is 4.99 Å². The molecule has 0 spiro atoms. The maximum absolute atomic E-state index is 12.9. The van der Waals surface area contributed by atoms with Crippen LogP contribution in [0.1, 0.15) is 42.6 Å². The van der Waals surface area contributed by atoms with Gasteiger partial charge in [-0.3, -0.25) is 4.79 Å².